The summed E-state index contributed by atoms with van der Waals surface area (Å²) in [6, 6.07) is 29.6. The average molecular weight is 486 g/mol. The average Bonchev–Trinajstić information content (AvgIpc) is 3.17. The molecule has 2 heterocycles. The summed E-state index contributed by atoms with van der Waals surface area (Å²) in [6.07, 6.45) is 1.90. The molecule has 1 nitrogen and oxygen atoms in total. The van der Waals surface area contributed by atoms with E-state index in [0.717, 1.165) is 5.69 Å². The molecule has 0 spiro atoms. The molecule has 0 aliphatic carbocycles. The minimum absolute atomic E-state index is 0.101. The number of rotatable bonds is 4. The summed E-state index contributed by atoms with van der Waals surface area (Å²) in [5.41, 5.74) is 12.4. The van der Waals surface area contributed by atoms with Crippen molar-refractivity contribution < 1.29 is 0 Å². The number of aromatic nitrogens is 1. The highest BCUT2D eigenvalue weighted by Gasteiger charge is 2.41. The van der Waals surface area contributed by atoms with Crippen molar-refractivity contribution >= 4 is 17.6 Å². The predicted molar refractivity (Wildman–Crippen MR) is 162 cm³/mol. The zero-order valence-electron chi connectivity index (χ0n) is 23.8. The molecular formula is C35H40BN. The van der Waals surface area contributed by atoms with E-state index in [1.807, 2.05) is 12.3 Å². The van der Waals surface area contributed by atoms with Crippen LogP contribution in [0, 0.1) is 5.92 Å². The SMILES string of the molecule is CC(C)C(B1c2cc(C(C)(C)C)ccc2-c2ccc(C(C)(C)C)cc21)c1ccccc1-c1ccccn1. The van der Waals surface area contributed by atoms with Gasteiger partial charge in [0.25, 0.3) is 0 Å². The predicted octanol–water partition coefficient (Wildman–Crippen LogP) is 7.91. The van der Waals surface area contributed by atoms with Crippen LogP contribution in [0.1, 0.15) is 77.9 Å². The van der Waals surface area contributed by atoms with Gasteiger partial charge >= 0.3 is 0 Å². The van der Waals surface area contributed by atoms with Crippen LogP contribution in [0.5, 0.6) is 0 Å². The van der Waals surface area contributed by atoms with Crippen LogP contribution in [0.2, 0.25) is 0 Å². The molecule has 2 heteroatoms. The number of hydrogen-bond acceptors (Lipinski definition) is 1. The van der Waals surface area contributed by atoms with E-state index in [-0.39, 0.29) is 10.8 Å². The highest BCUT2D eigenvalue weighted by Crippen LogP contribution is 2.39. The van der Waals surface area contributed by atoms with Gasteiger partial charge in [0.2, 0.25) is 6.71 Å². The molecule has 1 aliphatic rings. The van der Waals surface area contributed by atoms with Gasteiger partial charge in [0.15, 0.2) is 0 Å². The molecular weight excluding hydrogens is 445 g/mol. The Balaban J connectivity index is 1.78. The van der Waals surface area contributed by atoms with Gasteiger partial charge in [-0.2, -0.15) is 0 Å². The Kier molecular flexibility index (Phi) is 6.43. The topological polar surface area (TPSA) is 12.9 Å². The third kappa shape index (κ3) is 4.67. The lowest BCUT2D eigenvalue weighted by molar-refractivity contribution is 0.590. The number of hydrogen-bond donors (Lipinski definition) is 0. The summed E-state index contributed by atoms with van der Waals surface area (Å²) in [5, 5.41) is 0. The lowest BCUT2D eigenvalue weighted by Crippen LogP contribution is -2.46. The molecule has 188 valence electrons. The Morgan fingerprint density at radius 3 is 1.65 bits per heavy atom. The Morgan fingerprint density at radius 2 is 1.16 bits per heavy atom. The third-order valence-corrected chi connectivity index (χ3v) is 8.13. The molecule has 0 amide bonds. The fourth-order valence-corrected chi connectivity index (χ4v) is 6.08. The molecule has 1 aliphatic heterocycles. The van der Waals surface area contributed by atoms with Crippen LogP contribution in [-0.2, 0) is 10.8 Å². The van der Waals surface area contributed by atoms with Crippen LogP contribution in [0.4, 0.5) is 0 Å². The maximum absolute atomic E-state index is 4.76. The van der Waals surface area contributed by atoms with Gasteiger partial charge in [0.1, 0.15) is 0 Å². The second kappa shape index (κ2) is 9.32. The highest BCUT2D eigenvalue weighted by atomic mass is 14.7. The minimum Gasteiger partial charge on any atom is -0.256 e. The number of fused-ring (bicyclic) bond motifs is 3. The molecule has 1 atom stereocenters. The Bertz CT molecular complexity index is 1360. The first-order valence-electron chi connectivity index (χ1n) is 13.8. The van der Waals surface area contributed by atoms with Crippen LogP contribution < -0.4 is 10.9 Å². The largest absolute Gasteiger partial charge is 0.256 e. The van der Waals surface area contributed by atoms with Gasteiger partial charge in [0.05, 0.1) is 5.69 Å². The molecule has 0 saturated carbocycles. The molecule has 1 aromatic heterocycles. The summed E-state index contributed by atoms with van der Waals surface area (Å²) >= 11 is 0. The number of nitrogens with zero attached hydrogens (tertiary/aromatic N) is 1. The van der Waals surface area contributed by atoms with E-state index < -0.39 is 0 Å². The smallest absolute Gasteiger partial charge is 0.218 e. The highest BCUT2D eigenvalue weighted by molar-refractivity contribution is 6.90. The summed E-state index contributed by atoms with van der Waals surface area (Å²) in [4.78, 5) is 4.76. The Hall–Kier alpha value is -3.13. The van der Waals surface area contributed by atoms with E-state index in [0.29, 0.717) is 18.4 Å². The summed E-state index contributed by atoms with van der Waals surface area (Å²) < 4.78 is 0. The maximum Gasteiger partial charge on any atom is 0.218 e. The fourth-order valence-electron chi connectivity index (χ4n) is 6.08. The monoisotopic (exact) mass is 485 g/mol. The lowest BCUT2D eigenvalue weighted by Gasteiger charge is -2.30. The van der Waals surface area contributed by atoms with E-state index in [9.17, 15) is 0 Å². The van der Waals surface area contributed by atoms with Crippen molar-refractivity contribution in [3.63, 3.8) is 0 Å². The first-order valence-corrected chi connectivity index (χ1v) is 13.8. The van der Waals surface area contributed by atoms with Crippen LogP contribution in [-0.4, -0.2) is 11.7 Å². The maximum atomic E-state index is 4.76. The second-order valence-corrected chi connectivity index (χ2v) is 13.2. The van der Waals surface area contributed by atoms with Gasteiger partial charge in [-0.25, -0.2) is 0 Å². The summed E-state index contributed by atoms with van der Waals surface area (Å²) in [5.74, 6) is 0.772. The van der Waals surface area contributed by atoms with E-state index in [1.54, 1.807) is 0 Å². The van der Waals surface area contributed by atoms with Gasteiger partial charge in [-0.05, 0) is 62.5 Å². The van der Waals surface area contributed by atoms with Crippen molar-refractivity contribution in [1.29, 1.82) is 0 Å². The molecule has 5 rings (SSSR count). The minimum atomic E-state index is 0.101. The molecule has 4 aromatic rings. The van der Waals surface area contributed by atoms with Crippen LogP contribution in [0.3, 0.4) is 0 Å². The first kappa shape index (κ1) is 25.5. The normalized spacial score (nSPS) is 14.0. The first-order chi connectivity index (χ1) is 17.5. The quantitative estimate of drug-likeness (QED) is 0.268. The zero-order chi connectivity index (χ0) is 26.5. The van der Waals surface area contributed by atoms with Crippen molar-refractivity contribution in [2.24, 2.45) is 5.92 Å². The van der Waals surface area contributed by atoms with Gasteiger partial charge < -0.3 is 0 Å². The Morgan fingerprint density at radius 1 is 0.622 bits per heavy atom. The van der Waals surface area contributed by atoms with E-state index in [1.165, 1.54) is 44.3 Å². The summed E-state index contributed by atoms with van der Waals surface area (Å²) in [6.45, 7) is 19.0. The van der Waals surface area contributed by atoms with Crippen LogP contribution >= 0.6 is 0 Å². The number of benzene rings is 3. The van der Waals surface area contributed by atoms with E-state index in [2.05, 4.69) is 128 Å². The van der Waals surface area contributed by atoms with Crippen molar-refractivity contribution in [3.8, 4) is 22.4 Å². The third-order valence-electron chi connectivity index (χ3n) is 8.13. The summed E-state index contributed by atoms with van der Waals surface area (Å²) in [7, 11) is 0. The molecule has 0 N–H and O–H groups in total. The van der Waals surface area contributed by atoms with Crippen molar-refractivity contribution in [2.75, 3.05) is 0 Å². The molecule has 0 saturated heterocycles. The van der Waals surface area contributed by atoms with Crippen molar-refractivity contribution in [2.45, 2.75) is 72.0 Å². The van der Waals surface area contributed by atoms with Crippen LogP contribution in [0.25, 0.3) is 22.4 Å². The second-order valence-electron chi connectivity index (χ2n) is 13.2. The molecule has 37 heavy (non-hydrogen) atoms. The Labute approximate surface area is 224 Å². The van der Waals surface area contributed by atoms with Gasteiger partial charge in [0, 0.05) is 11.8 Å². The van der Waals surface area contributed by atoms with Crippen LogP contribution in [0.15, 0.2) is 85.1 Å². The molecule has 0 bridgehead atoms. The van der Waals surface area contributed by atoms with E-state index >= 15 is 0 Å². The molecule has 1 unspecified atom stereocenters. The standard InChI is InChI=1S/C35H40BN/c1-23(2)33(29-14-10-9-13-28(29)32-15-11-12-20-37-32)36-30-21-24(34(3,4)5)16-18-26(30)27-19-17-25(22-31(27)36)35(6,7)8/h9-23,33H,1-8H3. The van der Waals surface area contributed by atoms with Gasteiger partial charge in [-0.3, -0.25) is 4.98 Å². The van der Waals surface area contributed by atoms with Gasteiger partial charge in [-0.15, -0.1) is 0 Å². The number of pyridine rings is 1. The zero-order valence-corrected chi connectivity index (χ0v) is 23.8. The molecule has 0 radical (unpaired) electrons. The molecule has 3 aromatic carbocycles. The fraction of sp³-hybridized carbons (Fsp3) is 0.343. The molecule has 0 fully saturated rings. The van der Waals surface area contributed by atoms with Crippen molar-refractivity contribution in [1.82, 2.24) is 4.98 Å². The van der Waals surface area contributed by atoms with Crippen molar-refractivity contribution in [3.05, 3.63) is 102 Å². The van der Waals surface area contributed by atoms with E-state index in [4.69, 9.17) is 4.98 Å². The lowest BCUT2D eigenvalue weighted by atomic mass is 9.32. The van der Waals surface area contributed by atoms with Gasteiger partial charge in [-0.1, -0.05) is 133 Å².